The number of hydrogen-bond donors (Lipinski definition) is 1. The van der Waals surface area contributed by atoms with Gasteiger partial charge < -0.3 is 15.2 Å². The van der Waals surface area contributed by atoms with Crippen LogP contribution >= 0.6 is 12.2 Å². The monoisotopic (exact) mass is 300 g/mol. The third-order valence-corrected chi connectivity index (χ3v) is 3.18. The van der Waals surface area contributed by atoms with E-state index in [0.717, 1.165) is 0 Å². The highest BCUT2D eigenvalue weighted by Crippen LogP contribution is 2.13. The van der Waals surface area contributed by atoms with E-state index in [1.165, 1.54) is 6.07 Å². The second-order valence-electron chi connectivity index (χ2n) is 4.43. The van der Waals surface area contributed by atoms with Gasteiger partial charge in [0.15, 0.2) is 0 Å². The van der Waals surface area contributed by atoms with E-state index in [1.54, 1.807) is 26.4 Å². The summed E-state index contributed by atoms with van der Waals surface area (Å²) in [4.78, 5) is 2.33. The first-order valence-electron chi connectivity index (χ1n) is 6.37. The lowest BCUT2D eigenvalue weighted by molar-refractivity contribution is 0.109. The molecule has 20 heavy (non-hydrogen) atoms. The summed E-state index contributed by atoms with van der Waals surface area (Å²) in [6.45, 7) is 3.04. The minimum absolute atomic E-state index is 0.259. The molecule has 0 aromatic heterocycles. The van der Waals surface area contributed by atoms with Gasteiger partial charge in [0.1, 0.15) is 10.8 Å². The average Bonchev–Trinajstić information content (AvgIpc) is 2.43. The Hall–Kier alpha value is -1.08. The highest BCUT2D eigenvalue weighted by Gasteiger charge is 2.11. The molecule has 0 fully saturated rings. The Bertz CT molecular complexity index is 435. The Kier molecular flexibility index (Phi) is 7.61. The van der Waals surface area contributed by atoms with Crippen LogP contribution in [0.3, 0.4) is 0 Å². The lowest BCUT2D eigenvalue weighted by Crippen LogP contribution is -2.30. The van der Waals surface area contributed by atoms with Crippen LogP contribution in [0.15, 0.2) is 18.2 Å². The zero-order chi connectivity index (χ0) is 15.0. The Morgan fingerprint density at radius 2 is 1.85 bits per heavy atom. The molecule has 6 heteroatoms. The van der Waals surface area contributed by atoms with Crippen molar-refractivity contribution in [1.29, 1.82) is 0 Å². The van der Waals surface area contributed by atoms with Crippen molar-refractivity contribution in [3.8, 4) is 0 Å². The van der Waals surface area contributed by atoms with Crippen molar-refractivity contribution in [2.24, 2.45) is 5.73 Å². The Morgan fingerprint density at radius 3 is 2.35 bits per heavy atom. The van der Waals surface area contributed by atoms with Crippen LogP contribution in [-0.2, 0) is 16.0 Å². The smallest absolute Gasteiger partial charge is 0.127 e. The summed E-state index contributed by atoms with van der Waals surface area (Å²) in [5.41, 5.74) is 6.83. The molecule has 2 N–H and O–H groups in total. The molecule has 0 aliphatic carbocycles. The molecule has 0 saturated heterocycles. The maximum Gasteiger partial charge on any atom is 0.127 e. The number of hydrogen-bond acceptors (Lipinski definition) is 4. The largest absolute Gasteiger partial charge is 0.389 e. The van der Waals surface area contributed by atoms with Gasteiger partial charge in [-0.1, -0.05) is 12.2 Å². The zero-order valence-corrected chi connectivity index (χ0v) is 12.7. The van der Waals surface area contributed by atoms with Gasteiger partial charge in [0.2, 0.25) is 0 Å². The number of methoxy groups -OCH3 is 2. The van der Waals surface area contributed by atoms with Crippen molar-refractivity contribution < 1.29 is 13.9 Å². The number of benzene rings is 1. The number of nitrogens with zero attached hydrogens (tertiary/aromatic N) is 1. The molecule has 112 valence electrons. The summed E-state index contributed by atoms with van der Waals surface area (Å²) in [7, 11) is 3.28. The number of thiocarbonyl (C=S) groups is 1. The van der Waals surface area contributed by atoms with Crippen molar-refractivity contribution >= 4 is 17.2 Å². The van der Waals surface area contributed by atoms with E-state index in [-0.39, 0.29) is 10.8 Å². The Labute approximate surface area is 124 Å². The summed E-state index contributed by atoms with van der Waals surface area (Å²) in [5.74, 6) is -0.259. The lowest BCUT2D eigenvalue weighted by Gasteiger charge is -2.22. The molecular weight excluding hydrogens is 279 g/mol. The minimum Gasteiger partial charge on any atom is -0.389 e. The predicted octanol–water partition coefficient (Wildman–Crippen LogP) is 1.55. The van der Waals surface area contributed by atoms with E-state index in [4.69, 9.17) is 27.4 Å². The highest BCUT2D eigenvalue weighted by molar-refractivity contribution is 7.80. The molecule has 0 atom stereocenters. The first-order chi connectivity index (χ1) is 9.58. The van der Waals surface area contributed by atoms with Crippen LogP contribution in [0.2, 0.25) is 0 Å². The van der Waals surface area contributed by atoms with E-state index in [2.05, 4.69) is 4.90 Å². The molecule has 0 amide bonds. The van der Waals surface area contributed by atoms with Gasteiger partial charge in [-0.05, 0) is 18.2 Å². The van der Waals surface area contributed by atoms with Gasteiger partial charge >= 0.3 is 0 Å². The zero-order valence-electron chi connectivity index (χ0n) is 11.9. The van der Waals surface area contributed by atoms with Gasteiger partial charge in [0, 0.05) is 45.0 Å². The van der Waals surface area contributed by atoms with Crippen molar-refractivity contribution in [3.05, 3.63) is 35.1 Å². The molecule has 0 spiro atoms. The second-order valence-corrected chi connectivity index (χ2v) is 4.87. The molecule has 0 saturated carbocycles. The van der Waals surface area contributed by atoms with Crippen LogP contribution in [-0.4, -0.2) is 50.4 Å². The van der Waals surface area contributed by atoms with E-state index < -0.39 is 0 Å². The highest BCUT2D eigenvalue weighted by atomic mass is 32.1. The summed E-state index contributed by atoms with van der Waals surface area (Å²) in [6, 6.07) is 4.69. The molecule has 0 aliphatic rings. The van der Waals surface area contributed by atoms with Crippen molar-refractivity contribution in [2.75, 3.05) is 40.5 Å². The third-order valence-electron chi connectivity index (χ3n) is 2.95. The molecule has 0 aliphatic heterocycles. The van der Waals surface area contributed by atoms with Gasteiger partial charge in [-0.2, -0.15) is 0 Å². The SMILES string of the molecule is COCCN(CCOC)Cc1cc(C(N)=S)ccc1F. The molecule has 4 nitrogen and oxygen atoms in total. The van der Waals surface area contributed by atoms with Crippen LogP contribution in [0, 0.1) is 5.82 Å². The standard InChI is InChI=1S/C14H21FN2O2S/c1-18-7-5-17(6-8-19-2)10-12-9-11(14(16)20)3-4-13(12)15/h3-4,9H,5-8,10H2,1-2H3,(H2,16,20). The minimum atomic E-state index is -0.259. The molecular formula is C14H21FN2O2S. The van der Waals surface area contributed by atoms with E-state index in [1.807, 2.05) is 0 Å². The predicted molar refractivity (Wildman–Crippen MR) is 81.3 cm³/mol. The average molecular weight is 300 g/mol. The van der Waals surface area contributed by atoms with Crippen molar-refractivity contribution in [3.63, 3.8) is 0 Å². The van der Waals surface area contributed by atoms with Crippen LogP contribution in [0.4, 0.5) is 4.39 Å². The number of halogens is 1. The normalized spacial score (nSPS) is 11.0. The van der Waals surface area contributed by atoms with Gasteiger partial charge in [-0.3, -0.25) is 4.90 Å². The number of rotatable bonds is 9. The number of nitrogens with two attached hydrogens (primary N) is 1. The Morgan fingerprint density at radius 1 is 1.25 bits per heavy atom. The first-order valence-corrected chi connectivity index (χ1v) is 6.77. The number of ether oxygens (including phenoxy) is 2. The second kappa shape index (κ2) is 8.97. The van der Waals surface area contributed by atoms with Crippen LogP contribution in [0.1, 0.15) is 11.1 Å². The molecule has 0 unspecified atom stereocenters. The fourth-order valence-corrected chi connectivity index (χ4v) is 1.93. The van der Waals surface area contributed by atoms with Gasteiger partial charge in [0.05, 0.1) is 13.2 Å². The quantitative estimate of drug-likeness (QED) is 0.701. The molecule has 1 aromatic rings. The fraction of sp³-hybridized carbons (Fsp3) is 0.500. The molecule has 1 aromatic carbocycles. The summed E-state index contributed by atoms with van der Waals surface area (Å²) >= 11 is 4.92. The van der Waals surface area contributed by atoms with Gasteiger partial charge in [-0.15, -0.1) is 0 Å². The summed E-state index contributed by atoms with van der Waals surface area (Å²) in [6.07, 6.45) is 0. The van der Waals surface area contributed by atoms with Crippen LogP contribution < -0.4 is 5.73 Å². The summed E-state index contributed by atoms with van der Waals surface area (Å²) < 4.78 is 24.0. The maximum absolute atomic E-state index is 13.9. The molecule has 0 heterocycles. The molecule has 1 rings (SSSR count). The molecule has 0 bridgehead atoms. The first kappa shape index (κ1) is 17.0. The van der Waals surface area contributed by atoms with Crippen LogP contribution in [0.25, 0.3) is 0 Å². The van der Waals surface area contributed by atoms with E-state index >= 15 is 0 Å². The van der Waals surface area contributed by atoms with Crippen LogP contribution in [0.5, 0.6) is 0 Å². The lowest BCUT2D eigenvalue weighted by atomic mass is 10.1. The van der Waals surface area contributed by atoms with Crippen molar-refractivity contribution in [2.45, 2.75) is 6.54 Å². The topological polar surface area (TPSA) is 47.7 Å². The Balaban J connectivity index is 2.79. The van der Waals surface area contributed by atoms with Crippen molar-refractivity contribution in [1.82, 2.24) is 4.90 Å². The van der Waals surface area contributed by atoms with E-state index in [0.29, 0.717) is 44.0 Å². The summed E-state index contributed by atoms with van der Waals surface area (Å²) in [5, 5.41) is 0. The van der Waals surface area contributed by atoms with E-state index in [9.17, 15) is 4.39 Å². The van der Waals surface area contributed by atoms with Gasteiger partial charge in [0.25, 0.3) is 0 Å². The third kappa shape index (κ3) is 5.50. The fourth-order valence-electron chi connectivity index (χ4n) is 1.80. The maximum atomic E-state index is 13.9. The molecule has 0 radical (unpaired) electrons. The van der Waals surface area contributed by atoms with Gasteiger partial charge in [-0.25, -0.2) is 4.39 Å².